The Morgan fingerprint density at radius 1 is 0.767 bits per heavy atom. The second-order valence-electron chi connectivity index (χ2n) is 10.9. The first-order valence-electron chi connectivity index (χ1n) is 13.9. The van der Waals surface area contributed by atoms with E-state index >= 15 is 0 Å². The summed E-state index contributed by atoms with van der Waals surface area (Å²) in [5, 5.41) is 95.3. The fraction of sp³-hybridized carbons (Fsp3) is 0.643. The van der Waals surface area contributed by atoms with Gasteiger partial charge in [-0.25, -0.2) is 0 Å². The van der Waals surface area contributed by atoms with Gasteiger partial charge in [-0.1, -0.05) is 12.1 Å². The molecule has 3 aliphatic rings. The average molecular weight is 615 g/mol. The molecule has 2 aromatic carbocycles. The van der Waals surface area contributed by atoms with E-state index in [0.717, 1.165) is 0 Å². The van der Waals surface area contributed by atoms with Crippen LogP contribution in [0.15, 0.2) is 18.2 Å². The number of ether oxygens (including phenoxy) is 6. The highest BCUT2D eigenvalue weighted by Crippen LogP contribution is 2.53. The molecule has 0 unspecified atom stereocenters. The molecule has 0 radical (unpaired) electrons. The molecule has 0 amide bonds. The number of benzene rings is 2. The highest BCUT2D eigenvalue weighted by Gasteiger charge is 2.51. The van der Waals surface area contributed by atoms with Crippen molar-refractivity contribution in [3.8, 4) is 17.2 Å². The smallest absolute Gasteiger partial charge is 0.229 e. The number of phenols is 1. The van der Waals surface area contributed by atoms with Gasteiger partial charge < -0.3 is 74.4 Å². The summed E-state index contributed by atoms with van der Waals surface area (Å²) in [5.41, 5.74) is 0.404. The van der Waals surface area contributed by atoms with Gasteiger partial charge in [-0.2, -0.15) is 0 Å². The van der Waals surface area contributed by atoms with Gasteiger partial charge in [0.15, 0.2) is 6.29 Å². The van der Waals surface area contributed by atoms with Gasteiger partial charge >= 0.3 is 0 Å². The van der Waals surface area contributed by atoms with Crippen molar-refractivity contribution in [1.82, 2.24) is 0 Å². The maximum atomic E-state index is 11.3. The molecule has 2 fully saturated rings. The number of methoxy groups -OCH3 is 1. The number of fused-ring (bicyclic) bond motifs is 2. The van der Waals surface area contributed by atoms with Crippen LogP contribution in [-0.4, -0.2) is 134 Å². The van der Waals surface area contributed by atoms with E-state index in [1.54, 1.807) is 32.0 Å². The molecule has 2 saturated heterocycles. The van der Waals surface area contributed by atoms with Crippen molar-refractivity contribution in [3.63, 3.8) is 0 Å². The largest absolute Gasteiger partial charge is 0.507 e. The molecule has 0 aromatic heterocycles. The topological polar surface area (TPSA) is 237 Å². The summed E-state index contributed by atoms with van der Waals surface area (Å²) in [6, 6.07) is 4.85. The molecule has 13 atom stereocenters. The van der Waals surface area contributed by atoms with Crippen molar-refractivity contribution in [2.24, 2.45) is 0 Å². The highest BCUT2D eigenvalue weighted by atomic mass is 16.7. The molecular formula is C28H38O15. The van der Waals surface area contributed by atoms with Crippen molar-refractivity contribution in [2.75, 3.05) is 20.3 Å². The first-order chi connectivity index (χ1) is 20.4. The van der Waals surface area contributed by atoms with E-state index in [9.17, 15) is 46.0 Å². The van der Waals surface area contributed by atoms with E-state index in [4.69, 9.17) is 28.4 Å². The predicted octanol–water partition coefficient (Wildman–Crippen LogP) is -1.93. The Kier molecular flexibility index (Phi) is 9.35. The van der Waals surface area contributed by atoms with Gasteiger partial charge in [0.1, 0.15) is 72.2 Å². The molecule has 3 aliphatic heterocycles. The average Bonchev–Trinajstić information content (AvgIpc) is 3.00. The fourth-order valence-corrected chi connectivity index (χ4v) is 5.96. The van der Waals surface area contributed by atoms with Crippen molar-refractivity contribution >= 4 is 10.8 Å². The molecule has 0 bridgehead atoms. The molecular weight excluding hydrogens is 576 g/mol. The molecule has 0 spiro atoms. The Morgan fingerprint density at radius 3 is 2.07 bits per heavy atom. The van der Waals surface area contributed by atoms with Gasteiger partial charge in [0.2, 0.25) is 6.29 Å². The van der Waals surface area contributed by atoms with Crippen LogP contribution in [0.1, 0.15) is 37.2 Å². The van der Waals surface area contributed by atoms with Gasteiger partial charge in [-0.15, -0.1) is 0 Å². The van der Waals surface area contributed by atoms with Crippen molar-refractivity contribution < 1.29 is 74.4 Å². The molecule has 43 heavy (non-hydrogen) atoms. The van der Waals surface area contributed by atoms with Crippen LogP contribution in [0.4, 0.5) is 0 Å². The summed E-state index contributed by atoms with van der Waals surface area (Å²) in [4.78, 5) is 0. The number of aliphatic hydroxyl groups excluding tert-OH is 8. The summed E-state index contributed by atoms with van der Waals surface area (Å²) in [7, 11) is 1.41. The van der Waals surface area contributed by atoms with Gasteiger partial charge in [0, 0.05) is 16.5 Å². The Labute approximate surface area is 245 Å². The molecule has 15 nitrogen and oxygen atoms in total. The summed E-state index contributed by atoms with van der Waals surface area (Å²) >= 11 is 0. The molecule has 2 aromatic rings. The van der Waals surface area contributed by atoms with E-state index in [1.165, 1.54) is 7.11 Å². The van der Waals surface area contributed by atoms with Crippen molar-refractivity contribution in [1.29, 1.82) is 0 Å². The zero-order valence-electron chi connectivity index (χ0n) is 23.6. The van der Waals surface area contributed by atoms with Gasteiger partial charge in [0.25, 0.3) is 0 Å². The minimum atomic E-state index is -1.84. The van der Waals surface area contributed by atoms with E-state index in [-0.39, 0.29) is 33.8 Å². The number of phenolic OH excluding ortho intramolecular Hbond substituents is 1. The van der Waals surface area contributed by atoms with E-state index in [0.29, 0.717) is 5.39 Å². The Bertz CT molecular complexity index is 1290. The lowest BCUT2D eigenvalue weighted by Gasteiger charge is -2.46. The Balaban J connectivity index is 1.50. The van der Waals surface area contributed by atoms with E-state index in [1.807, 2.05) is 0 Å². The normalized spacial score (nSPS) is 39.8. The van der Waals surface area contributed by atoms with Crippen molar-refractivity contribution in [3.05, 3.63) is 29.3 Å². The lowest BCUT2D eigenvalue weighted by Crippen LogP contribution is -2.65. The fourth-order valence-electron chi connectivity index (χ4n) is 5.96. The summed E-state index contributed by atoms with van der Waals surface area (Å²) in [6.07, 6.45) is -19.1. The third-order valence-electron chi connectivity index (χ3n) is 8.28. The first-order valence-corrected chi connectivity index (χ1v) is 13.9. The molecule has 3 heterocycles. The minimum absolute atomic E-state index is 0.0115. The van der Waals surface area contributed by atoms with Gasteiger partial charge in [0.05, 0.1) is 37.9 Å². The number of hydrogen-bond donors (Lipinski definition) is 9. The predicted molar refractivity (Wildman–Crippen MR) is 143 cm³/mol. The SMILES string of the molecule is COc1cccc2c(O[C@@H]3O[C@H](CO)[C@@H](O[C@@H]4O[C@H](CO)[C@@H](O)[C@H](O)[C@H]4O)[C@H](O)[C@H]3O)c3c(c(O)c12)[C@@H](C)O[C@H](C)[C@H]3O. The third kappa shape index (κ3) is 5.43. The monoisotopic (exact) mass is 614 g/mol. The lowest BCUT2D eigenvalue weighted by molar-refractivity contribution is -0.352. The molecule has 15 heteroatoms. The van der Waals surface area contributed by atoms with Crippen LogP contribution < -0.4 is 9.47 Å². The first kappa shape index (κ1) is 32.0. The lowest BCUT2D eigenvalue weighted by atomic mass is 9.87. The number of hydrogen-bond acceptors (Lipinski definition) is 15. The summed E-state index contributed by atoms with van der Waals surface area (Å²) in [5.74, 6) is 0.103. The van der Waals surface area contributed by atoms with E-state index in [2.05, 4.69) is 0 Å². The van der Waals surface area contributed by atoms with Crippen LogP contribution in [0.2, 0.25) is 0 Å². The Morgan fingerprint density at radius 2 is 1.42 bits per heavy atom. The van der Waals surface area contributed by atoms with Gasteiger partial charge in [-0.05, 0) is 19.9 Å². The molecule has 240 valence electrons. The van der Waals surface area contributed by atoms with Crippen molar-refractivity contribution in [2.45, 2.75) is 93.6 Å². The number of rotatable bonds is 7. The molecule has 0 aliphatic carbocycles. The highest BCUT2D eigenvalue weighted by molar-refractivity contribution is 6.00. The van der Waals surface area contributed by atoms with Crippen LogP contribution in [-0.2, 0) is 18.9 Å². The number of aliphatic hydroxyl groups is 8. The minimum Gasteiger partial charge on any atom is -0.507 e. The summed E-state index contributed by atoms with van der Waals surface area (Å²) < 4.78 is 34.2. The Hall–Kier alpha value is -2.38. The quantitative estimate of drug-likeness (QED) is 0.165. The maximum absolute atomic E-state index is 11.3. The number of aromatic hydroxyl groups is 1. The second kappa shape index (κ2) is 12.5. The van der Waals surface area contributed by atoms with E-state index < -0.39 is 92.9 Å². The van der Waals surface area contributed by atoms with Crippen LogP contribution in [0.5, 0.6) is 17.2 Å². The van der Waals surface area contributed by atoms with Crippen LogP contribution in [0, 0.1) is 0 Å². The van der Waals surface area contributed by atoms with Crippen LogP contribution >= 0.6 is 0 Å². The van der Waals surface area contributed by atoms with Crippen LogP contribution in [0.25, 0.3) is 10.8 Å². The standard InChI is InChI=1S/C28H38O15/c1-9-15-17(18(31)10(2)39-9)25(11-5-4-6-12(38-3)16(11)20(15)33)42-28-24(37)22(35)26(14(8-30)41-28)43-27-23(36)21(34)19(32)13(7-29)40-27/h4-6,9-10,13-14,18-19,21-24,26-37H,7-8H2,1-3H3/t9-,10-,13-,14-,18-,19-,21+,22-,23-,24-,26-,27+,28+/m1/s1. The van der Waals surface area contributed by atoms with Crippen LogP contribution in [0.3, 0.4) is 0 Å². The maximum Gasteiger partial charge on any atom is 0.229 e. The zero-order valence-corrected chi connectivity index (χ0v) is 23.6. The zero-order chi connectivity index (χ0) is 31.3. The second-order valence-corrected chi connectivity index (χ2v) is 10.9. The molecule has 9 N–H and O–H groups in total. The molecule has 5 rings (SSSR count). The molecule has 0 saturated carbocycles. The van der Waals surface area contributed by atoms with Gasteiger partial charge in [-0.3, -0.25) is 0 Å². The summed E-state index contributed by atoms with van der Waals surface area (Å²) in [6.45, 7) is 1.84. The third-order valence-corrected chi connectivity index (χ3v) is 8.28.